The molecule has 0 spiro atoms. The zero-order valence-corrected chi connectivity index (χ0v) is 12.6. The molecule has 0 N–H and O–H groups in total. The van der Waals surface area contributed by atoms with Crippen molar-refractivity contribution in [3.8, 4) is 0 Å². The molecule has 0 atom stereocenters. The van der Waals surface area contributed by atoms with Crippen molar-refractivity contribution in [2.75, 3.05) is 38.1 Å². The molecule has 1 aromatic rings. The van der Waals surface area contributed by atoms with Crippen LogP contribution in [0.2, 0.25) is 0 Å². The summed E-state index contributed by atoms with van der Waals surface area (Å²) in [5.74, 6) is 0. The van der Waals surface area contributed by atoms with Crippen LogP contribution in [0, 0.1) is 0 Å². The molecule has 2 nitrogen and oxygen atoms in total. The number of rotatable bonds is 2. The number of benzene rings is 1. The molecule has 4 heteroatoms. The molecule has 88 valence electrons. The van der Waals surface area contributed by atoms with E-state index in [0.29, 0.717) is 0 Å². The van der Waals surface area contributed by atoms with Gasteiger partial charge in [-0.2, -0.15) is 0 Å². The van der Waals surface area contributed by atoms with Gasteiger partial charge in [-0.3, -0.25) is 0 Å². The first-order valence-corrected chi connectivity index (χ1v) is 7.40. The molecule has 0 saturated carbocycles. The van der Waals surface area contributed by atoms with Gasteiger partial charge in [0.2, 0.25) is 0 Å². The highest BCUT2D eigenvalue weighted by Crippen LogP contribution is 2.26. The van der Waals surface area contributed by atoms with Crippen molar-refractivity contribution in [1.82, 2.24) is 4.90 Å². The maximum absolute atomic E-state index is 3.62. The minimum absolute atomic E-state index is 0.899. The molecule has 1 aliphatic rings. The smallest absolute Gasteiger partial charge is 0.0378 e. The van der Waals surface area contributed by atoms with Gasteiger partial charge < -0.3 is 9.80 Å². The van der Waals surface area contributed by atoms with Crippen LogP contribution in [0.25, 0.3) is 0 Å². The molecule has 0 aromatic heterocycles. The van der Waals surface area contributed by atoms with Gasteiger partial charge in [0.05, 0.1) is 0 Å². The Kier molecular flexibility index (Phi) is 4.27. The summed E-state index contributed by atoms with van der Waals surface area (Å²) in [6.07, 6.45) is 0. The Morgan fingerprint density at radius 2 is 1.88 bits per heavy atom. The summed E-state index contributed by atoms with van der Waals surface area (Å²) in [5.41, 5.74) is 2.63. The van der Waals surface area contributed by atoms with Crippen LogP contribution in [0.5, 0.6) is 0 Å². The molecule has 2 rings (SSSR count). The highest BCUT2D eigenvalue weighted by atomic mass is 79.9. The minimum atomic E-state index is 0.899. The van der Waals surface area contributed by atoms with E-state index in [1.807, 2.05) is 0 Å². The summed E-state index contributed by atoms with van der Waals surface area (Å²) in [5, 5.41) is 0.899. The SMILES string of the molecule is CN1CCN(c2ccc(CBr)c(Br)c2)CC1. The van der Waals surface area contributed by atoms with E-state index in [-0.39, 0.29) is 0 Å². The fraction of sp³-hybridized carbons (Fsp3) is 0.500. The molecule has 0 amide bonds. The van der Waals surface area contributed by atoms with Crippen LogP contribution in [-0.2, 0) is 5.33 Å². The van der Waals surface area contributed by atoms with Crippen LogP contribution in [0.1, 0.15) is 5.56 Å². The number of halogens is 2. The van der Waals surface area contributed by atoms with Crippen molar-refractivity contribution >= 4 is 37.5 Å². The van der Waals surface area contributed by atoms with Gasteiger partial charge in [-0.1, -0.05) is 37.9 Å². The number of hydrogen-bond acceptors (Lipinski definition) is 2. The predicted molar refractivity (Wildman–Crippen MR) is 76.5 cm³/mol. The first kappa shape index (κ1) is 12.4. The lowest BCUT2D eigenvalue weighted by molar-refractivity contribution is 0.313. The van der Waals surface area contributed by atoms with Gasteiger partial charge in [-0.15, -0.1) is 0 Å². The lowest BCUT2D eigenvalue weighted by atomic mass is 10.2. The molecule has 0 radical (unpaired) electrons. The number of alkyl halides is 1. The second kappa shape index (κ2) is 5.52. The van der Waals surface area contributed by atoms with Crippen LogP contribution >= 0.6 is 31.9 Å². The van der Waals surface area contributed by atoms with Crippen LogP contribution < -0.4 is 4.90 Å². The molecular formula is C12H16Br2N2. The molecular weight excluding hydrogens is 332 g/mol. The molecule has 0 aliphatic carbocycles. The molecule has 1 heterocycles. The van der Waals surface area contributed by atoms with E-state index in [2.05, 4.69) is 66.9 Å². The topological polar surface area (TPSA) is 6.48 Å². The van der Waals surface area contributed by atoms with Crippen LogP contribution in [-0.4, -0.2) is 38.1 Å². The van der Waals surface area contributed by atoms with Crippen LogP contribution in [0.15, 0.2) is 22.7 Å². The summed E-state index contributed by atoms with van der Waals surface area (Å²) in [4.78, 5) is 4.82. The lowest BCUT2D eigenvalue weighted by Crippen LogP contribution is -2.44. The number of piperazine rings is 1. The Balaban J connectivity index is 2.12. The predicted octanol–water partition coefficient (Wildman–Crippen LogP) is 3.10. The molecule has 0 unspecified atom stereocenters. The van der Waals surface area contributed by atoms with E-state index in [1.165, 1.54) is 15.7 Å². The zero-order chi connectivity index (χ0) is 11.5. The number of anilines is 1. The van der Waals surface area contributed by atoms with Gasteiger partial charge >= 0.3 is 0 Å². The number of hydrogen-bond donors (Lipinski definition) is 0. The third kappa shape index (κ3) is 2.79. The second-order valence-electron chi connectivity index (χ2n) is 4.20. The second-order valence-corrected chi connectivity index (χ2v) is 5.61. The van der Waals surface area contributed by atoms with Crippen molar-refractivity contribution in [2.24, 2.45) is 0 Å². The van der Waals surface area contributed by atoms with Crippen molar-refractivity contribution in [3.05, 3.63) is 28.2 Å². The Morgan fingerprint density at radius 3 is 2.44 bits per heavy atom. The fourth-order valence-corrected chi connectivity index (χ4v) is 3.28. The van der Waals surface area contributed by atoms with E-state index in [0.717, 1.165) is 31.5 Å². The minimum Gasteiger partial charge on any atom is -0.369 e. The summed E-state index contributed by atoms with van der Waals surface area (Å²) >= 11 is 7.11. The van der Waals surface area contributed by atoms with Crippen molar-refractivity contribution in [3.63, 3.8) is 0 Å². The van der Waals surface area contributed by atoms with Gasteiger partial charge in [0.25, 0.3) is 0 Å². The Labute approximate surface area is 114 Å². The third-order valence-electron chi connectivity index (χ3n) is 3.05. The summed E-state index contributed by atoms with van der Waals surface area (Å²) in [7, 11) is 2.18. The molecule has 16 heavy (non-hydrogen) atoms. The Bertz CT molecular complexity index is 360. The van der Waals surface area contributed by atoms with Gasteiger partial charge in [0.1, 0.15) is 0 Å². The van der Waals surface area contributed by atoms with Crippen LogP contribution in [0.4, 0.5) is 5.69 Å². The highest BCUT2D eigenvalue weighted by molar-refractivity contribution is 9.10. The van der Waals surface area contributed by atoms with E-state index in [1.54, 1.807) is 0 Å². The maximum atomic E-state index is 3.62. The molecule has 1 fully saturated rings. The molecule has 1 aliphatic heterocycles. The van der Waals surface area contributed by atoms with Gasteiger partial charge in [-0.05, 0) is 24.7 Å². The largest absolute Gasteiger partial charge is 0.369 e. The number of nitrogens with zero attached hydrogens (tertiary/aromatic N) is 2. The van der Waals surface area contributed by atoms with E-state index in [4.69, 9.17) is 0 Å². The maximum Gasteiger partial charge on any atom is 0.0378 e. The Hall–Kier alpha value is -0.0600. The highest BCUT2D eigenvalue weighted by Gasteiger charge is 2.14. The van der Waals surface area contributed by atoms with E-state index >= 15 is 0 Å². The standard InChI is InChI=1S/C12H16Br2N2/c1-15-4-6-16(7-5-15)11-3-2-10(9-13)12(14)8-11/h2-3,8H,4-7,9H2,1H3. The Morgan fingerprint density at radius 1 is 1.19 bits per heavy atom. The summed E-state index contributed by atoms with van der Waals surface area (Å²) < 4.78 is 1.20. The third-order valence-corrected chi connectivity index (χ3v) is 4.39. The fourth-order valence-electron chi connectivity index (χ4n) is 1.91. The zero-order valence-electron chi connectivity index (χ0n) is 9.42. The van der Waals surface area contributed by atoms with E-state index in [9.17, 15) is 0 Å². The van der Waals surface area contributed by atoms with Crippen LogP contribution in [0.3, 0.4) is 0 Å². The molecule has 1 saturated heterocycles. The number of likely N-dealkylation sites (N-methyl/N-ethyl adjacent to an activating group) is 1. The van der Waals surface area contributed by atoms with Gasteiger partial charge in [0.15, 0.2) is 0 Å². The van der Waals surface area contributed by atoms with Crippen molar-refractivity contribution < 1.29 is 0 Å². The summed E-state index contributed by atoms with van der Waals surface area (Å²) in [6.45, 7) is 4.54. The monoisotopic (exact) mass is 346 g/mol. The average Bonchev–Trinajstić information content (AvgIpc) is 2.30. The lowest BCUT2D eigenvalue weighted by Gasteiger charge is -2.34. The molecule has 0 bridgehead atoms. The van der Waals surface area contributed by atoms with Crippen molar-refractivity contribution in [1.29, 1.82) is 0 Å². The average molecular weight is 348 g/mol. The quantitative estimate of drug-likeness (QED) is 0.758. The first-order valence-electron chi connectivity index (χ1n) is 5.48. The first-order chi connectivity index (χ1) is 7.70. The molecule has 1 aromatic carbocycles. The normalized spacial score (nSPS) is 17.8. The van der Waals surface area contributed by atoms with Gasteiger partial charge in [0, 0.05) is 41.7 Å². The van der Waals surface area contributed by atoms with E-state index < -0.39 is 0 Å². The summed E-state index contributed by atoms with van der Waals surface area (Å²) in [6, 6.07) is 6.63. The van der Waals surface area contributed by atoms with Gasteiger partial charge in [-0.25, -0.2) is 0 Å². The van der Waals surface area contributed by atoms with Crippen molar-refractivity contribution in [2.45, 2.75) is 5.33 Å².